The third-order valence-electron chi connectivity index (χ3n) is 2.98. The number of hydrogen-bond donors (Lipinski definition) is 4. The fraction of sp³-hybridized carbons (Fsp3) is 0.429. The molecule has 0 atom stereocenters. The van der Waals surface area contributed by atoms with Gasteiger partial charge in [-0.05, 0) is 13.8 Å². The van der Waals surface area contributed by atoms with Crippen LogP contribution < -0.4 is 0 Å². The molecule has 1 aromatic rings. The molecular formula is C14H18O6. The normalized spacial score (nSPS) is 11.4. The van der Waals surface area contributed by atoms with Gasteiger partial charge < -0.3 is 20.4 Å². The quantitative estimate of drug-likeness (QED) is 0.605. The summed E-state index contributed by atoms with van der Waals surface area (Å²) in [6.07, 6.45) is -0.407. The lowest BCUT2D eigenvalue weighted by molar-refractivity contribution is -0.133. The molecule has 0 aliphatic carbocycles. The van der Waals surface area contributed by atoms with Crippen molar-refractivity contribution < 1.29 is 30.0 Å². The first-order valence-electron chi connectivity index (χ1n) is 6.15. The van der Waals surface area contributed by atoms with E-state index in [-0.39, 0.29) is 17.5 Å². The Morgan fingerprint density at radius 2 is 1.70 bits per heavy atom. The second-order valence-corrected chi connectivity index (χ2v) is 5.05. The number of aromatic hydroxyl groups is 3. The third kappa shape index (κ3) is 3.08. The summed E-state index contributed by atoms with van der Waals surface area (Å²) in [5.74, 6) is -2.84. The number of phenols is 3. The fourth-order valence-corrected chi connectivity index (χ4v) is 1.69. The van der Waals surface area contributed by atoms with Crippen LogP contribution >= 0.6 is 0 Å². The molecule has 0 aromatic heterocycles. The molecule has 0 saturated heterocycles. The number of Topliss-reactive ketones (excluding diaryl/α,β-unsaturated/α-hetero) is 2. The molecule has 6 nitrogen and oxygen atoms in total. The predicted octanol–water partition coefficient (Wildman–Crippen LogP) is 1.28. The first-order valence-corrected chi connectivity index (χ1v) is 6.15. The van der Waals surface area contributed by atoms with Gasteiger partial charge in [-0.2, -0.15) is 0 Å². The van der Waals surface area contributed by atoms with Gasteiger partial charge in [0, 0.05) is 24.5 Å². The number of rotatable bonds is 5. The van der Waals surface area contributed by atoms with Crippen molar-refractivity contribution in [2.75, 3.05) is 0 Å². The van der Waals surface area contributed by atoms with Gasteiger partial charge in [0.05, 0.1) is 0 Å². The molecule has 0 unspecified atom stereocenters. The Kier molecular flexibility index (Phi) is 4.39. The van der Waals surface area contributed by atoms with Crippen LogP contribution in [0.25, 0.3) is 0 Å². The second kappa shape index (κ2) is 5.50. The van der Waals surface area contributed by atoms with Crippen molar-refractivity contribution in [3.8, 4) is 17.2 Å². The summed E-state index contributed by atoms with van der Waals surface area (Å²) >= 11 is 0. The minimum atomic E-state index is -1.63. The molecule has 4 N–H and O–H groups in total. The van der Waals surface area contributed by atoms with E-state index in [2.05, 4.69) is 0 Å². The highest BCUT2D eigenvalue weighted by Crippen LogP contribution is 2.38. The lowest BCUT2D eigenvalue weighted by atomic mass is 9.93. The van der Waals surface area contributed by atoms with E-state index >= 15 is 0 Å². The number of carbonyl (C=O) groups is 2. The largest absolute Gasteiger partial charge is 0.507 e. The highest BCUT2D eigenvalue weighted by molar-refractivity contribution is 6.02. The van der Waals surface area contributed by atoms with Gasteiger partial charge in [-0.25, -0.2) is 0 Å². The molecule has 0 bridgehead atoms. The molecule has 0 aliphatic heterocycles. The van der Waals surface area contributed by atoms with Crippen molar-refractivity contribution in [3.63, 3.8) is 0 Å². The van der Waals surface area contributed by atoms with E-state index in [4.69, 9.17) is 0 Å². The van der Waals surface area contributed by atoms with E-state index in [1.807, 2.05) is 0 Å². The number of hydrogen-bond acceptors (Lipinski definition) is 6. The Morgan fingerprint density at radius 1 is 1.15 bits per heavy atom. The summed E-state index contributed by atoms with van der Waals surface area (Å²) in [6, 6.07) is 0.898. The Hall–Kier alpha value is -2.08. The molecule has 110 valence electrons. The highest BCUT2D eigenvalue weighted by Gasteiger charge is 2.28. The summed E-state index contributed by atoms with van der Waals surface area (Å²) in [4.78, 5) is 23.4. The highest BCUT2D eigenvalue weighted by atomic mass is 16.3. The van der Waals surface area contributed by atoms with Crippen LogP contribution in [-0.2, 0) is 11.2 Å². The van der Waals surface area contributed by atoms with Crippen molar-refractivity contribution in [2.24, 2.45) is 0 Å². The van der Waals surface area contributed by atoms with Gasteiger partial charge in [0.1, 0.15) is 28.4 Å². The molecule has 0 heterocycles. The number of carbonyl (C=O) groups excluding carboxylic acids is 2. The SMILES string of the molecule is CCC(=O)c1c(O)cc(O)c(CC(=O)C(C)(C)O)c1O. The fourth-order valence-electron chi connectivity index (χ4n) is 1.69. The van der Waals surface area contributed by atoms with E-state index in [0.29, 0.717) is 0 Å². The van der Waals surface area contributed by atoms with Crippen LogP contribution in [0.2, 0.25) is 0 Å². The lowest BCUT2D eigenvalue weighted by Crippen LogP contribution is -2.32. The van der Waals surface area contributed by atoms with Crippen LogP contribution in [0, 0.1) is 0 Å². The molecule has 1 aromatic carbocycles. The Balaban J connectivity index is 3.34. The van der Waals surface area contributed by atoms with Crippen LogP contribution in [0.5, 0.6) is 17.2 Å². The number of benzene rings is 1. The average molecular weight is 282 g/mol. The van der Waals surface area contributed by atoms with Crippen molar-refractivity contribution in [2.45, 2.75) is 39.2 Å². The summed E-state index contributed by atoms with van der Waals surface area (Å²) < 4.78 is 0. The van der Waals surface area contributed by atoms with Crippen molar-refractivity contribution in [1.82, 2.24) is 0 Å². The summed E-state index contributed by atoms with van der Waals surface area (Å²) in [5.41, 5.74) is -2.15. The molecule has 1 rings (SSSR count). The predicted molar refractivity (Wildman–Crippen MR) is 71.1 cm³/mol. The molecule has 6 heteroatoms. The van der Waals surface area contributed by atoms with Crippen LogP contribution in [0.15, 0.2) is 6.07 Å². The first-order chi connectivity index (χ1) is 9.09. The Labute approximate surface area is 116 Å². The molecular weight excluding hydrogens is 264 g/mol. The van der Waals surface area contributed by atoms with Gasteiger partial charge in [0.2, 0.25) is 0 Å². The summed E-state index contributed by atoms with van der Waals surface area (Å²) in [7, 11) is 0. The maximum absolute atomic E-state index is 11.8. The average Bonchev–Trinajstić information content (AvgIpc) is 2.32. The van der Waals surface area contributed by atoms with Crippen molar-refractivity contribution >= 4 is 11.6 Å². The van der Waals surface area contributed by atoms with E-state index in [1.54, 1.807) is 6.92 Å². The van der Waals surface area contributed by atoms with Gasteiger partial charge in [-0.15, -0.1) is 0 Å². The molecule has 0 amide bonds. The summed E-state index contributed by atoms with van der Waals surface area (Å²) in [5, 5.41) is 38.9. The third-order valence-corrected chi connectivity index (χ3v) is 2.98. The van der Waals surface area contributed by atoms with Crippen molar-refractivity contribution in [3.05, 3.63) is 17.2 Å². The minimum absolute atomic E-state index is 0.0464. The number of aliphatic hydroxyl groups is 1. The maximum Gasteiger partial charge on any atom is 0.170 e. The minimum Gasteiger partial charge on any atom is -0.507 e. The van der Waals surface area contributed by atoms with E-state index in [0.717, 1.165) is 6.07 Å². The zero-order valence-corrected chi connectivity index (χ0v) is 11.6. The van der Waals surface area contributed by atoms with Crippen LogP contribution in [0.4, 0.5) is 0 Å². The number of ketones is 2. The molecule has 0 spiro atoms. The van der Waals surface area contributed by atoms with E-state index < -0.39 is 40.8 Å². The van der Waals surface area contributed by atoms with E-state index in [1.165, 1.54) is 13.8 Å². The molecule has 0 aliphatic rings. The zero-order chi connectivity index (χ0) is 15.7. The van der Waals surface area contributed by atoms with Gasteiger partial charge in [0.15, 0.2) is 11.6 Å². The Bertz CT molecular complexity index is 554. The summed E-state index contributed by atoms with van der Waals surface area (Å²) in [6.45, 7) is 4.11. The second-order valence-electron chi connectivity index (χ2n) is 5.05. The standard InChI is InChI=1S/C14H18O6/c1-4-8(15)12-10(17)6-9(16)7(13(12)19)5-11(18)14(2,3)20/h6,16-17,19-20H,4-5H2,1-3H3. The first kappa shape index (κ1) is 16.0. The van der Waals surface area contributed by atoms with Crippen LogP contribution in [-0.4, -0.2) is 37.6 Å². The smallest absolute Gasteiger partial charge is 0.170 e. The van der Waals surface area contributed by atoms with Gasteiger partial charge in [-0.3, -0.25) is 9.59 Å². The number of phenolic OH excluding ortho intramolecular Hbond substituents is 3. The monoisotopic (exact) mass is 282 g/mol. The van der Waals surface area contributed by atoms with Crippen LogP contribution in [0.3, 0.4) is 0 Å². The molecule has 0 fully saturated rings. The molecule has 0 saturated carbocycles. The van der Waals surface area contributed by atoms with E-state index in [9.17, 15) is 30.0 Å². The Morgan fingerprint density at radius 3 is 2.15 bits per heavy atom. The molecule has 20 heavy (non-hydrogen) atoms. The topological polar surface area (TPSA) is 115 Å². The van der Waals surface area contributed by atoms with Crippen LogP contribution in [0.1, 0.15) is 43.1 Å². The van der Waals surface area contributed by atoms with Crippen molar-refractivity contribution in [1.29, 1.82) is 0 Å². The lowest BCUT2D eigenvalue weighted by Gasteiger charge is -2.17. The zero-order valence-electron chi connectivity index (χ0n) is 11.6. The van der Waals surface area contributed by atoms with Gasteiger partial charge >= 0.3 is 0 Å². The van der Waals surface area contributed by atoms with Gasteiger partial charge in [0.25, 0.3) is 0 Å². The molecule has 0 radical (unpaired) electrons. The van der Waals surface area contributed by atoms with Gasteiger partial charge in [-0.1, -0.05) is 6.92 Å². The maximum atomic E-state index is 11.8.